The molecule has 1 aromatic heterocycles. The number of hydrogen-bond donors (Lipinski definition) is 0. The van der Waals surface area contributed by atoms with Crippen molar-refractivity contribution in [3.05, 3.63) is 66.2 Å². The molecule has 1 unspecified atom stereocenters. The van der Waals surface area contributed by atoms with Crippen LogP contribution in [0.2, 0.25) is 0 Å². The lowest BCUT2D eigenvalue weighted by Crippen LogP contribution is -2.36. The SMILES string of the molecule is C=C(C)C(=O)OCC(C)(COc1ccc2cc(-c3ccccc3CC)n(C(C)C)c2c1)CC(F)(F)F. The van der Waals surface area contributed by atoms with Gasteiger partial charge in [-0.15, -0.1) is 0 Å². The quantitative estimate of drug-likeness (QED) is 0.209. The number of hydrogen-bond acceptors (Lipinski definition) is 3. The number of halogens is 3. The predicted octanol–water partition coefficient (Wildman–Crippen LogP) is 7.91. The van der Waals surface area contributed by atoms with Gasteiger partial charge in [0.15, 0.2) is 0 Å². The van der Waals surface area contributed by atoms with Gasteiger partial charge in [-0.05, 0) is 51.0 Å². The third-order valence-electron chi connectivity index (χ3n) is 6.12. The van der Waals surface area contributed by atoms with E-state index in [1.807, 2.05) is 24.3 Å². The molecular weight excluding hydrogens is 467 g/mol. The molecular formula is C29H34F3NO3. The van der Waals surface area contributed by atoms with Crippen LogP contribution in [-0.4, -0.2) is 29.9 Å². The molecule has 0 spiro atoms. The maximum Gasteiger partial charge on any atom is 0.389 e. The average molecular weight is 502 g/mol. The fraction of sp³-hybridized carbons (Fsp3) is 0.414. The third-order valence-corrected chi connectivity index (χ3v) is 6.12. The Bertz CT molecular complexity index is 1240. The largest absolute Gasteiger partial charge is 0.493 e. The average Bonchev–Trinajstić information content (AvgIpc) is 3.19. The number of esters is 1. The van der Waals surface area contributed by atoms with Gasteiger partial charge in [0.25, 0.3) is 0 Å². The summed E-state index contributed by atoms with van der Waals surface area (Å²) in [6.45, 7) is 12.0. The molecule has 0 aliphatic heterocycles. The molecule has 0 fully saturated rings. The number of carbonyl (C=O) groups is 1. The normalized spacial score (nSPS) is 13.6. The molecule has 194 valence electrons. The summed E-state index contributed by atoms with van der Waals surface area (Å²) < 4.78 is 53.1. The zero-order chi connectivity index (χ0) is 26.7. The summed E-state index contributed by atoms with van der Waals surface area (Å²) in [6.07, 6.45) is -4.68. The number of rotatable bonds is 10. The molecule has 0 radical (unpaired) electrons. The van der Waals surface area contributed by atoms with Crippen molar-refractivity contribution in [2.24, 2.45) is 5.41 Å². The molecule has 0 aliphatic rings. The maximum atomic E-state index is 13.3. The zero-order valence-electron chi connectivity index (χ0n) is 21.5. The van der Waals surface area contributed by atoms with Crippen LogP contribution in [0.4, 0.5) is 13.2 Å². The molecule has 3 rings (SSSR count). The highest BCUT2D eigenvalue weighted by Crippen LogP contribution is 2.37. The minimum atomic E-state index is -4.44. The summed E-state index contributed by atoms with van der Waals surface area (Å²) in [5, 5.41) is 1.02. The molecule has 36 heavy (non-hydrogen) atoms. The highest BCUT2D eigenvalue weighted by molar-refractivity contribution is 5.89. The molecule has 1 heterocycles. The van der Waals surface area contributed by atoms with E-state index in [9.17, 15) is 18.0 Å². The van der Waals surface area contributed by atoms with Gasteiger partial charge in [-0.3, -0.25) is 0 Å². The second-order valence-electron chi connectivity index (χ2n) is 9.97. The van der Waals surface area contributed by atoms with Crippen LogP contribution in [0.5, 0.6) is 5.75 Å². The van der Waals surface area contributed by atoms with E-state index < -0.39 is 30.6 Å². The second kappa shape index (κ2) is 10.8. The molecule has 1 atom stereocenters. The minimum Gasteiger partial charge on any atom is -0.493 e. The van der Waals surface area contributed by atoms with Gasteiger partial charge in [0, 0.05) is 39.7 Å². The number of aromatic nitrogens is 1. The number of alkyl halides is 3. The number of ether oxygens (including phenoxy) is 2. The fourth-order valence-corrected chi connectivity index (χ4v) is 4.38. The van der Waals surface area contributed by atoms with E-state index in [1.54, 1.807) is 6.07 Å². The van der Waals surface area contributed by atoms with E-state index in [4.69, 9.17) is 9.47 Å². The summed E-state index contributed by atoms with van der Waals surface area (Å²) in [4.78, 5) is 11.8. The molecule has 2 aromatic carbocycles. The van der Waals surface area contributed by atoms with Crippen LogP contribution in [-0.2, 0) is 16.0 Å². The summed E-state index contributed by atoms with van der Waals surface area (Å²) in [7, 11) is 0. The van der Waals surface area contributed by atoms with E-state index >= 15 is 0 Å². The van der Waals surface area contributed by atoms with Gasteiger partial charge in [0.1, 0.15) is 12.4 Å². The Morgan fingerprint density at radius 1 is 1.08 bits per heavy atom. The van der Waals surface area contributed by atoms with Gasteiger partial charge in [-0.1, -0.05) is 44.7 Å². The Balaban J connectivity index is 1.93. The Labute approximate surface area is 210 Å². The van der Waals surface area contributed by atoms with Crippen LogP contribution in [0.15, 0.2) is 60.7 Å². The summed E-state index contributed by atoms with van der Waals surface area (Å²) in [5.74, 6) is -0.267. The minimum absolute atomic E-state index is 0.130. The van der Waals surface area contributed by atoms with Gasteiger partial charge >= 0.3 is 12.1 Å². The van der Waals surface area contributed by atoms with Gasteiger partial charge in [0.2, 0.25) is 0 Å². The summed E-state index contributed by atoms with van der Waals surface area (Å²) in [5.41, 5.74) is 3.10. The first-order valence-corrected chi connectivity index (χ1v) is 12.1. The number of fused-ring (bicyclic) bond motifs is 1. The first kappa shape index (κ1) is 27.4. The monoisotopic (exact) mass is 501 g/mol. The van der Waals surface area contributed by atoms with Crippen molar-refractivity contribution in [3.8, 4) is 17.0 Å². The van der Waals surface area contributed by atoms with Crippen LogP contribution >= 0.6 is 0 Å². The summed E-state index contributed by atoms with van der Waals surface area (Å²) in [6, 6.07) is 16.1. The first-order valence-electron chi connectivity index (χ1n) is 12.1. The standard InChI is InChI=1S/C29H34F3NO3/c1-7-21-10-8-9-11-24(21)26-14-22-12-13-23(15-25(22)33(26)20(4)5)35-17-28(6,16-29(30,31)32)18-36-27(34)19(2)3/h8-15,20H,2,7,16-18H2,1,3-6H3. The maximum absolute atomic E-state index is 13.3. The molecule has 0 aliphatic carbocycles. The lowest BCUT2D eigenvalue weighted by Gasteiger charge is -2.30. The van der Waals surface area contributed by atoms with Crippen molar-refractivity contribution in [2.45, 2.75) is 59.7 Å². The van der Waals surface area contributed by atoms with Crippen LogP contribution in [0, 0.1) is 5.41 Å². The Morgan fingerprint density at radius 2 is 1.78 bits per heavy atom. The Morgan fingerprint density at radius 3 is 2.39 bits per heavy atom. The molecule has 7 heteroatoms. The Hall–Kier alpha value is -3.22. The molecule has 0 N–H and O–H groups in total. The number of aryl methyl sites for hydroxylation is 1. The highest BCUT2D eigenvalue weighted by Gasteiger charge is 2.41. The van der Waals surface area contributed by atoms with Crippen molar-refractivity contribution in [1.82, 2.24) is 4.57 Å². The predicted molar refractivity (Wildman–Crippen MR) is 137 cm³/mol. The van der Waals surface area contributed by atoms with Crippen molar-refractivity contribution in [3.63, 3.8) is 0 Å². The molecule has 3 aromatic rings. The van der Waals surface area contributed by atoms with E-state index in [1.165, 1.54) is 19.4 Å². The Kier molecular flexibility index (Phi) is 8.22. The third kappa shape index (κ3) is 6.50. The van der Waals surface area contributed by atoms with Crippen molar-refractivity contribution in [2.75, 3.05) is 13.2 Å². The fourth-order valence-electron chi connectivity index (χ4n) is 4.38. The van der Waals surface area contributed by atoms with Crippen LogP contribution in [0.3, 0.4) is 0 Å². The van der Waals surface area contributed by atoms with Crippen molar-refractivity contribution < 1.29 is 27.4 Å². The van der Waals surface area contributed by atoms with Gasteiger partial charge in [-0.2, -0.15) is 13.2 Å². The lowest BCUT2D eigenvalue weighted by atomic mass is 9.88. The number of carbonyl (C=O) groups excluding carboxylic acids is 1. The van der Waals surface area contributed by atoms with Crippen molar-refractivity contribution in [1.29, 1.82) is 0 Å². The first-order chi connectivity index (χ1) is 16.8. The topological polar surface area (TPSA) is 40.5 Å². The molecule has 0 bridgehead atoms. The molecule has 4 nitrogen and oxygen atoms in total. The van der Waals surface area contributed by atoms with Gasteiger partial charge < -0.3 is 14.0 Å². The van der Waals surface area contributed by atoms with E-state index in [0.717, 1.165) is 28.6 Å². The van der Waals surface area contributed by atoms with Crippen LogP contribution < -0.4 is 4.74 Å². The van der Waals surface area contributed by atoms with Gasteiger partial charge in [0.05, 0.1) is 18.5 Å². The number of benzene rings is 2. The van der Waals surface area contributed by atoms with E-state index in [-0.39, 0.29) is 18.2 Å². The molecule has 0 amide bonds. The summed E-state index contributed by atoms with van der Waals surface area (Å²) >= 11 is 0. The van der Waals surface area contributed by atoms with Gasteiger partial charge in [-0.25, -0.2) is 4.79 Å². The zero-order valence-corrected chi connectivity index (χ0v) is 21.5. The second-order valence-corrected chi connectivity index (χ2v) is 9.97. The van der Waals surface area contributed by atoms with Crippen LogP contribution in [0.1, 0.15) is 52.6 Å². The number of nitrogens with zero attached hydrogens (tertiary/aromatic N) is 1. The molecule has 0 saturated heterocycles. The highest BCUT2D eigenvalue weighted by atomic mass is 19.4. The lowest BCUT2D eigenvalue weighted by molar-refractivity contribution is -0.173. The van der Waals surface area contributed by atoms with E-state index in [0.29, 0.717) is 5.75 Å². The molecule has 0 saturated carbocycles. The van der Waals surface area contributed by atoms with Crippen LogP contribution in [0.25, 0.3) is 22.2 Å². The van der Waals surface area contributed by atoms with Crippen molar-refractivity contribution >= 4 is 16.9 Å². The smallest absolute Gasteiger partial charge is 0.389 e. The van der Waals surface area contributed by atoms with E-state index in [2.05, 4.69) is 50.1 Å².